The van der Waals surface area contributed by atoms with Crippen LogP contribution in [0.3, 0.4) is 0 Å². The number of nitrogens with zero attached hydrogens (tertiary/aromatic N) is 3. The smallest absolute Gasteiger partial charge is 0.280 e. The zero-order valence-corrected chi connectivity index (χ0v) is 10.1. The van der Waals surface area contributed by atoms with E-state index in [2.05, 4.69) is 15.0 Å². The minimum absolute atomic E-state index is 0.00619. The highest BCUT2D eigenvalue weighted by atomic mass is 16.5. The Balaban J connectivity index is 2.19. The molecular weight excluding hydrogens is 254 g/mol. The zero-order valence-electron chi connectivity index (χ0n) is 10.1. The van der Waals surface area contributed by atoms with Crippen LogP contribution in [0.25, 0.3) is 11.2 Å². The summed E-state index contributed by atoms with van der Waals surface area (Å²) in [4.78, 5) is 21.8. The molecule has 0 aliphatic carbocycles. The Bertz CT molecular complexity index is 607. The van der Waals surface area contributed by atoms with E-state index in [0.717, 1.165) is 0 Å². The van der Waals surface area contributed by atoms with E-state index in [4.69, 9.17) is 20.7 Å². The number of nitrogen functional groups attached to an aromatic ring is 1. The second-order valence-corrected chi connectivity index (χ2v) is 3.95. The van der Waals surface area contributed by atoms with Gasteiger partial charge in [-0.05, 0) is 6.42 Å². The Morgan fingerprint density at radius 1 is 1.53 bits per heavy atom. The number of imidazole rings is 1. The summed E-state index contributed by atoms with van der Waals surface area (Å²) in [6.07, 6.45) is 1.24. The third-order valence-corrected chi connectivity index (χ3v) is 2.60. The van der Waals surface area contributed by atoms with Crippen LogP contribution in [0.4, 0.5) is 5.95 Å². The molecule has 0 amide bonds. The van der Waals surface area contributed by atoms with Crippen LogP contribution in [-0.2, 0) is 11.5 Å². The first-order chi connectivity index (χ1) is 9.15. The monoisotopic (exact) mass is 269 g/mol. The fourth-order valence-electron chi connectivity index (χ4n) is 1.62. The standard InChI is InChI=1S/C10H15N5O4/c11-10-13-8-7(9(18)14-10)12-4-15(8)5-19-6(3-17)1-2-16/h4,6,16-17H,1-3,5H2,(H3,11,13,14,18)/t6-/m0/s1. The van der Waals surface area contributed by atoms with Crippen LogP contribution in [-0.4, -0.2) is 49.0 Å². The van der Waals surface area contributed by atoms with Gasteiger partial charge in [-0.1, -0.05) is 0 Å². The lowest BCUT2D eigenvalue weighted by molar-refractivity contribution is -0.0331. The SMILES string of the molecule is Nc1nc2c(ncn2CO[C@H](CO)CCO)c(=O)[nH]1. The van der Waals surface area contributed by atoms with E-state index in [1.54, 1.807) is 0 Å². The van der Waals surface area contributed by atoms with Crippen molar-refractivity contribution < 1.29 is 14.9 Å². The van der Waals surface area contributed by atoms with Crippen LogP contribution in [0.15, 0.2) is 11.1 Å². The summed E-state index contributed by atoms with van der Waals surface area (Å²) < 4.78 is 6.88. The highest BCUT2D eigenvalue weighted by Gasteiger charge is 2.11. The number of nitrogens with one attached hydrogen (secondary N) is 1. The Kier molecular flexibility index (Phi) is 4.10. The Labute approximate surface area is 107 Å². The molecule has 0 saturated carbocycles. The maximum atomic E-state index is 11.5. The number of nitrogens with two attached hydrogens (primary N) is 1. The number of aromatic amines is 1. The van der Waals surface area contributed by atoms with Crippen LogP contribution in [0.2, 0.25) is 0 Å². The largest absolute Gasteiger partial charge is 0.396 e. The Morgan fingerprint density at radius 2 is 2.32 bits per heavy atom. The minimum Gasteiger partial charge on any atom is -0.396 e. The number of anilines is 1. The summed E-state index contributed by atoms with van der Waals surface area (Å²) in [5.41, 5.74) is 5.51. The lowest BCUT2D eigenvalue weighted by Gasteiger charge is -2.14. The average Bonchev–Trinajstić information content (AvgIpc) is 2.78. The summed E-state index contributed by atoms with van der Waals surface area (Å²) >= 11 is 0. The number of fused-ring (bicyclic) bond motifs is 1. The van der Waals surface area contributed by atoms with Gasteiger partial charge in [-0.15, -0.1) is 0 Å². The molecule has 0 saturated heterocycles. The van der Waals surface area contributed by atoms with E-state index >= 15 is 0 Å². The molecule has 0 fully saturated rings. The van der Waals surface area contributed by atoms with Crippen LogP contribution < -0.4 is 11.3 Å². The normalized spacial score (nSPS) is 12.9. The average molecular weight is 269 g/mol. The molecule has 104 valence electrons. The molecule has 0 unspecified atom stereocenters. The molecule has 9 heteroatoms. The summed E-state index contributed by atoms with van der Waals surface area (Å²) in [6, 6.07) is 0. The third-order valence-electron chi connectivity index (χ3n) is 2.60. The zero-order chi connectivity index (χ0) is 13.8. The van der Waals surface area contributed by atoms with Crippen LogP contribution in [0.1, 0.15) is 6.42 Å². The fourth-order valence-corrected chi connectivity index (χ4v) is 1.62. The van der Waals surface area contributed by atoms with Crippen molar-refractivity contribution in [1.82, 2.24) is 19.5 Å². The number of H-pyrrole nitrogens is 1. The van der Waals surface area contributed by atoms with Gasteiger partial charge in [0.1, 0.15) is 6.73 Å². The van der Waals surface area contributed by atoms with Crippen molar-refractivity contribution in [2.24, 2.45) is 0 Å². The van der Waals surface area contributed by atoms with Crippen molar-refractivity contribution in [2.45, 2.75) is 19.3 Å². The molecule has 0 spiro atoms. The van der Waals surface area contributed by atoms with Crippen molar-refractivity contribution in [1.29, 1.82) is 0 Å². The molecule has 5 N–H and O–H groups in total. The minimum atomic E-state index is -0.484. The van der Waals surface area contributed by atoms with Crippen molar-refractivity contribution >= 4 is 17.1 Å². The van der Waals surface area contributed by atoms with Crippen molar-refractivity contribution in [3.05, 3.63) is 16.7 Å². The molecule has 2 rings (SSSR count). The van der Waals surface area contributed by atoms with E-state index in [-0.39, 0.29) is 31.4 Å². The number of aliphatic hydroxyl groups is 2. The van der Waals surface area contributed by atoms with Crippen LogP contribution >= 0.6 is 0 Å². The lowest BCUT2D eigenvalue weighted by Crippen LogP contribution is -2.21. The van der Waals surface area contributed by atoms with Crippen molar-refractivity contribution in [3.63, 3.8) is 0 Å². The molecule has 0 bridgehead atoms. The van der Waals surface area contributed by atoms with E-state index in [1.807, 2.05) is 0 Å². The molecule has 0 radical (unpaired) electrons. The van der Waals surface area contributed by atoms with Gasteiger partial charge < -0.3 is 20.7 Å². The van der Waals surface area contributed by atoms with E-state index in [9.17, 15) is 4.79 Å². The summed E-state index contributed by atoms with van der Waals surface area (Å²) in [7, 11) is 0. The molecule has 0 aliphatic heterocycles. The number of ether oxygens (including phenoxy) is 1. The maximum Gasteiger partial charge on any atom is 0.280 e. The first-order valence-electron chi connectivity index (χ1n) is 5.69. The van der Waals surface area contributed by atoms with Gasteiger partial charge in [0.25, 0.3) is 5.56 Å². The number of hydrogen-bond donors (Lipinski definition) is 4. The highest BCUT2D eigenvalue weighted by Crippen LogP contribution is 2.08. The molecule has 0 aromatic carbocycles. The topological polar surface area (TPSA) is 139 Å². The van der Waals surface area contributed by atoms with E-state index in [1.165, 1.54) is 10.9 Å². The molecule has 2 heterocycles. The summed E-state index contributed by atoms with van der Waals surface area (Å²) in [5.74, 6) is -0.00619. The fraction of sp³-hybridized carbons (Fsp3) is 0.500. The summed E-state index contributed by atoms with van der Waals surface area (Å²) in [5, 5.41) is 17.8. The Hall–Kier alpha value is -1.97. The molecule has 2 aromatic heterocycles. The second-order valence-electron chi connectivity index (χ2n) is 3.95. The quantitative estimate of drug-likeness (QED) is 0.496. The van der Waals surface area contributed by atoms with Gasteiger partial charge >= 0.3 is 0 Å². The number of aromatic nitrogens is 4. The van der Waals surface area contributed by atoms with Gasteiger partial charge in [-0.2, -0.15) is 4.98 Å². The number of hydrogen-bond acceptors (Lipinski definition) is 7. The van der Waals surface area contributed by atoms with Crippen LogP contribution in [0, 0.1) is 0 Å². The molecule has 1 atom stereocenters. The predicted octanol–water partition coefficient (Wildman–Crippen LogP) is -1.58. The van der Waals surface area contributed by atoms with E-state index < -0.39 is 11.7 Å². The third kappa shape index (κ3) is 2.89. The van der Waals surface area contributed by atoms with Gasteiger partial charge in [0.05, 0.1) is 19.0 Å². The molecule has 2 aromatic rings. The van der Waals surface area contributed by atoms with Gasteiger partial charge in [-0.25, -0.2) is 4.98 Å². The molecule has 9 nitrogen and oxygen atoms in total. The van der Waals surface area contributed by atoms with E-state index in [0.29, 0.717) is 12.1 Å². The first-order valence-corrected chi connectivity index (χ1v) is 5.69. The van der Waals surface area contributed by atoms with Gasteiger partial charge in [0.15, 0.2) is 11.2 Å². The molecular formula is C10H15N5O4. The first kappa shape index (κ1) is 13.5. The number of aliphatic hydroxyl groups excluding tert-OH is 2. The van der Waals surface area contributed by atoms with Gasteiger partial charge in [-0.3, -0.25) is 14.3 Å². The van der Waals surface area contributed by atoms with Crippen LogP contribution in [0.5, 0.6) is 0 Å². The summed E-state index contributed by atoms with van der Waals surface area (Å²) in [6.45, 7) is -0.234. The molecule has 19 heavy (non-hydrogen) atoms. The van der Waals surface area contributed by atoms with Crippen molar-refractivity contribution in [2.75, 3.05) is 18.9 Å². The van der Waals surface area contributed by atoms with Gasteiger partial charge in [0.2, 0.25) is 5.95 Å². The number of rotatable bonds is 6. The lowest BCUT2D eigenvalue weighted by atomic mass is 10.3. The predicted molar refractivity (Wildman–Crippen MR) is 66.2 cm³/mol. The van der Waals surface area contributed by atoms with Gasteiger partial charge in [0, 0.05) is 6.61 Å². The maximum absolute atomic E-state index is 11.5. The highest BCUT2D eigenvalue weighted by molar-refractivity contribution is 5.70. The Morgan fingerprint density at radius 3 is 3.00 bits per heavy atom. The van der Waals surface area contributed by atoms with Crippen molar-refractivity contribution in [3.8, 4) is 0 Å². The second kappa shape index (κ2) is 5.78. The molecule has 0 aliphatic rings.